The van der Waals surface area contributed by atoms with E-state index in [1.54, 1.807) is 16.0 Å². The van der Waals surface area contributed by atoms with Crippen molar-refractivity contribution in [2.45, 2.75) is 20.5 Å². The Morgan fingerprint density at radius 2 is 1.79 bits per heavy atom. The number of aromatic nitrogens is 2. The van der Waals surface area contributed by atoms with Crippen LogP contribution in [0, 0.1) is 5.92 Å². The van der Waals surface area contributed by atoms with E-state index in [-0.39, 0.29) is 17.4 Å². The van der Waals surface area contributed by atoms with E-state index in [9.17, 15) is 9.59 Å². The molecule has 1 amide bonds. The highest BCUT2D eigenvalue weighted by atomic mass is 32.1. The van der Waals surface area contributed by atoms with Gasteiger partial charge in [-0.1, -0.05) is 38.1 Å². The Morgan fingerprint density at radius 1 is 1.07 bits per heavy atom. The van der Waals surface area contributed by atoms with Gasteiger partial charge in [0.15, 0.2) is 0 Å². The van der Waals surface area contributed by atoms with Gasteiger partial charge in [-0.3, -0.25) is 14.5 Å². The van der Waals surface area contributed by atoms with Crippen LogP contribution in [0.25, 0.3) is 21.3 Å². The van der Waals surface area contributed by atoms with Gasteiger partial charge in [-0.2, -0.15) is 5.10 Å². The molecule has 0 N–H and O–H groups in total. The molecule has 3 aromatic rings. The van der Waals surface area contributed by atoms with E-state index >= 15 is 0 Å². The summed E-state index contributed by atoms with van der Waals surface area (Å²) in [6.45, 7) is 7.17. The maximum atomic E-state index is 13.0. The van der Waals surface area contributed by atoms with Gasteiger partial charge in [-0.05, 0) is 17.5 Å². The minimum absolute atomic E-state index is 0.0182. The van der Waals surface area contributed by atoms with Crippen molar-refractivity contribution < 1.29 is 4.79 Å². The average molecular weight is 397 g/mol. The fourth-order valence-corrected chi connectivity index (χ4v) is 4.31. The summed E-state index contributed by atoms with van der Waals surface area (Å²) in [6.07, 6.45) is 0. The van der Waals surface area contributed by atoms with E-state index in [0.29, 0.717) is 25.1 Å². The first-order valence-corrected chi connectivity index (χ1v) is 10.5. The molecule has 2 aromatic heterocycles. The average Bonchev–Trinajstić information content (AvgIpc) is 3.25. The van der Waals surface area contributed by atoms with Gasteiger partial charge in [-0.15, -0.1) is 11.3 Å². The SMILES string of the molecule is CC(C)C(=O)N1CCN(Cn2nc(-c3cccs3)c3ccccc3c2=O)CC1. The lowest BCUT2D eigenvalue weighted by Crippen LogP contribution is -2.50. The van der Waals surface area contributed by atoms with Crippen molar-refractivity contribution in [2.24, 2.45) is 5.92 Å². The zero-order valence-electron chi connectivity index (χ0n) is 16.2. The first kappa shape index (κ1) is 18.8. The molecule has 1 aromatic carbocycles. The summed E-state index contributed by atoms with van der Waals surface area (Å²) in [4.78, 5) is 30.3. The zero-order valence-corrected chi connectivity index (χ0v) is 17.0. The van der Waals surface area contributed by atoms with Crippen LogP contribution in [0.5, 0.6) is 0 Å². The molecule has 0 radical (unpaired) electrons. The standard InChI is InChI=1S/C21H24N4O2S/c1-15(2)20(26)24-11-9-23(10-12-24)14-25-21(27)17-7-4-3-6-16(17)19(22-25)18-8-5-13-28-18/h3-8,13,15H,9-12,14H2,1-2H3. The Bertz CT molecular complexity index is 1030. The fraction of sp³-hybridized carbons (Fsp3) is 0.381. The molecule has 4 rings (SSSR count). The number of nitrogens with zero attached hydrogens (tertiary/aromatic N) is 4. The second-order valence-electron chi connectivity index (χ2n) is 7.42. The van der Waals surface area contributed by atoms with Crippen LogP contribution in [0.1, 0.15) is 13.8 Å². The van der Waals surface area contributed by atoms with E-state index in [1.807, 2.05) is 60.5 Å². The predicted octanol–water partition coefficient (Wildman–Crippen LogP) is 2.88. The summed E-state index contributed by atoms with van der Waals surface area (Å²) < 4.78 is 1.57. The normalized spacial score (nSPS) is 15.5. The third kappa shape index (κ3) is 3.59. The van der Waals surface area contributed by atoms with Crippen LogP contribution in [-0.2, 0) is 11.5 Å². The Hall–Kier alpha value is -2.51. The molecule has 28 heavy (non-hydrogen) atoms. The molecule has 1 aliphatic rings. The second-order valence-corrected chi connectivity index (χ2v) is 8.36. The lowest BCUT2D eigenvalue weighted by atomic mass is 10.1. The molecule has 7 heteroatoms. The molecule has 0 bridgehead atoms. The van der Waals surface area contributed by atoms with E-state index in [4.69, 9.17) is 5.10 Å². The molecule has 0 atom stereocenters. The van der Waals surface area contributed by atoms with Crippen molar-refractivity contribution >= 4 is 28.0 Å². The summed E-state index contributed by atoms with van der Waals surface area (Å²) in [5, 5.41) is 8.31. The second kappa shape index (κ2) is 7.85. The van der Waals surface area contributed by atoms with E-state index in [0.717, 1.165) is 29.0 Å². The van der Waals surface area contributed by atoms with Gasteiger partial charge in [0.05, 0.1) is 16.9 Å². The third-order valence-electron chi connectivity index (χ3n) is 5.13. The van der Waals surface area contributed by atoms with Crippen molar-refractivity contribution in [1.82, 2.24) is 19.6 Å². The first-order valence-electron chi connectivity index (χ1n) is 9.59. The van der Waals surface area contributed by atoms with E-state index < -0.39 is 0 Å². The molecule has 6 nitrogen and oxygen atoms in total. The van der Waals surface area contributed by atoms with Crippen LogP contribution < -0.4 is 5.56 Å². The fourth-order valence-electron chi connectivity index (χ4n) is 3.59. The van der Waals surface area contributed by atoms with Gasteiger partial charge in [0.1, 0.15) is 5.69 Å². The predicted molar refractivity (Wildman–Crippen MR) is 112 cm³/mol. The van der Waals surface area contributed by atoms with Gasteiger partial charge in [-0.25, -0.2) is 4.68 Å². The van der Waals surface area contributed by atoms with Crippen molar-refractivity contribution in [3.05, 3.63) is 52.1 Å². The molecule has 3 heterocycles. The van der Waals surface area contributed by atoms with Crippen LogP contribution in [0.3, 0.4) is 0 Å². The summed E-state index contributed by atoms with van der Waals surface area (Å²) in [5.41, 5.74) is 0.774. The molecule has 146 valence electrons. The minimum atomic E-state index is -0.0726. The van der Waals surface area contributed by atoms with Gasteiger partial charge < -0.3 is 4.90 Å². The number of rotatable bonds is 4. The van der Waals surface area contributed by atoms with Crippen molar-refractivity contribution in [3.8, 4) is 10.6 Å². The Balaban J connectivity index is 1.61. The lowest BCUT2D eigenvalue weighted by Gasteiger charge is -2.35. The molecule has 0 saturated carbocycles. The van der Waals surface area contributed by atoms with Gasteiger partial charge in [0, 0.05) is 37.5 Å². The number of fused-ring (bicyclic) bond motifs is 1. The van der Waals surface area contributed by atoms with Gasteiger partial charge >= 0.3 is 0 Å². The monoisotopic (exact) mass is 396 g/mol. The quantitative estimate of drug-likeness (QED) is 0.680. The van der Waals surface area contributed by atoms with Crippen molar-refractivity contribution in [3.63, 3.8) is 0 Å². The molecular formula is C21H24N4O2S. The van der Waals surface area contributed by atoms with Crippen molar-refractivity contribution in [1.29, 1.82) is 0 Å². The Labute approximate surface area is 168 Å². The maximum absolute atomic E-state index is 13.0. The third-order valence-corrected chi connectivity index (χ3v) is 6.01. The smallest absolute Gasteiger partial charge is 0.275 e. The van der Waals surface area contributed by atoms with Gasteiger partial charge in [0.25, 0.3) is 5.56 Å². The number of piperazine rings is 1. The number of hydrogen-bond donors (Lipinski definition) is 0. The lowest BCUT2D eigenvalue weighted by molar-refractivity contribution is -0.136. The molecule has 0 unspecified atom stereocenters. The summed E-state index contributed by atoms with van der Waals surface area (Å²) in [7, 11) is 0. The molecule has 0 aliphatic carbocycles. The summed E-state index contributed by atoms with van der Waals surface area (Å²) >= 11 is 1.62. The van der Waals surface area contributed by atoms with Crippen LogP contribution in [0.15, 0.2) is 46.6 Å². The van der Waals surface area contributed by atoms with Crippen molar-refractivity contribution in [2.75, 3.05) is 26.2 Å². The highest BCUT2D eigenvalue weighted by Gasteiger charge is 2.23. The van der Waals surface area contributed by atoms with Crippen LogP contribution >= 0.6 is 11.3 Å². The number of carbonyl (C=O) groups is 1. The number of carbonyl (C=O) groups excluding carboxylic acids is 1. The first-order chi connectivity index (χ1) is 13.5. The topological polar surface area (TPSA) is 58.4 Å². The highest BCUT2D eigenvalue weighted by molar-refractivity contribution is 7.13. The van der Waals surface area contributed by atoms with E-state index in [2.05, 4.69) is 4.90 Å². The number of hydrogen-bond acceptors (Lipinski definition) is 5. The van der Waals surface area contributed by atoms with Crippen LogP contribution in [-0.4, -0.2) is 51.7 Å². The molecule has 1 aliphatic heterocycles. The summed E-state index contributed by atoms with van der Waals surface area (Å²) in [5.74, 6) is 0.213. The number of amides is 1. The Kier molecular flexibility index (Phi) is 5.28. The maximum Gasteiger partial charge on any atom is 0.275 e. The molecular weight excluding hydrogens is 372 g/mol. The Morgan fingerprint density at radius 3 is 2.43 bits per heavy atom. The summed E-state index contributed by atoms with van der Waals surface area (Å²) in [6, 6.07) is 11.7. The number of thiophene rings is 1. The zero-order chi connectivity index (χ0) is 19.7. The largest absolute Gasteiger partial charge is 0.340 e. The minimum Gasteiger partial charge on any atom is -0.340 e. The molecule has 0 spiro atoms. The molecule has 1 saturated heterocycles. The van der Waals surface area contributed by atoms with Gasteiger partial charge in [0.2, 0.25) is 5.91 Å². The van der Waals surface area contributed by atoms with Crippen LogP contribution in [0.2, 0.25) is 0 Å². The van der Waals surface area contributed by atoms with Crippen LogP contribution in [0.4, 0.5) is 0 Å². The molecule has 1 fully saturated rings. The van der Waals surface area contributed by atoms with E-state index in [1.165, 1.54) is 0 Å². The highest BCUT2D eigenvalue weighted by Crippen LogP contribution is 2.28. The number of benzene rings is 1.